The molecule has 2 heterocycles. The van der Waals surface area contributed by atoms with E-state index in [2.05, 4.69) is 6.92 Å². The van der Waals surface area contributed by atoms with Gasteiger partial charge in [-0.3, -0.25) is 14.5 Å². The van der Waals surface area contributed by atoms with Crippen molar-refractivity contribution in [2.24, 2.45) is 0 Å². The predicted molar refractivity (Wildman–Crippen MR) is 121 cm³/mol. The summed E-state index contributed by atoms with van der Waals surface area (Å²) in [5, 5.41) is 0. The van der Waals surface area contributed by atoms with Crippen LogP contribution in [0.3, 0.4) is 0 Å². The summed E-state index contributed by atoms with van der Waals surface area (Å²) >= 11 is 1.36. The molecule has 156 valence electrons. The van der Waals surface area contributed by atoms with Crippen molar-refractivity contribution in [3.63, 3.8) is 0 Å². The van der Waals surface area contributed by atoms with Gasteiger partial charge in [0.1, 0.15) is 5.82 Å². The third-order valence-corrected chi connectivity index (χ3v) is 7.26. The molecule has 3 aromatic carbocycles. The summed E-state index contributed by atoms with van der Waals surface area (Å²) in [5.41, 5.74) is 4.09. The molecule has 0 aliphatic carbocycles. The molecule has 0 bridgehead atoms. The zero-order chi connectivity index (χ0) is 21.6. The van der Waals surface area contributed by atoms with E-state index >= 15 is 0 Å². The number of carbonyl (C=O) groups excluding carboxylic acids is 2. The first-order chi connectivity index (χ1) is 15.0. The minimum Gasteiger partial charge on any atom is -0.304 e. The van der Waals surface area contributed by atoms with E-state index in [1.807, 2.05) is 48.5 Å². The summed E-state index contributed by atoms with van der Waals surface area (Å²) in [6.07, 6.45) is 0.840. The Labute approximate surface area is 184 Å². The number of aryl methyl sites for hydroxylation is 1. The van der Waals surface area contributed by atoms with Crippen LogP contribution in [0.15, 0.2) is 72.8 Å². The SMILES string of the molecule is CCc1cccc(N2C(=O)CS[C@]23C(=O)N(Cc2cccc(F)c2)c2ccccc23)c1. The van der Waals surface area contributed by atoms with Gasteiger partial charge in [-0.2, -0.15) is 0 Å². The summed E-state index contributed by atoms with van der Waals surface area (Å²) in [5.74, 6) is -0.371. The van der Waals surface area contributed by atoms with Crippen molar-refractivity contribution in [3.05, 3.63) is 95.3 Å². The molecule has 1 spiro atoms. The highest BCUT2D eigenvalue weighted by atomic mass is 32.2. The maximum absolute atomic E-state index is 14.0. The van der Waals surface area contributed by atoms with Gasteiger partial charge in [0.15, 0.2) is 0 Å². The second kappa shape index (κ2) is 7.54. The smallest absolute Gasteiger partial charge is 0.269 e. The van der Waals surface area contributed by atoms with Crippen molar-refractivity contribution < 1.29 is 14.0 Å². The molecule has 0 unspecified atom stereocenters. The average Bonchev–Trinajstić information content (AvgIpc) is 3.25. The summed E-state index contributed by atoms with van der Waals surface area (Å²) in [4.78, 5) is 29.2. The Hall–Kier alpha value is -3.12. The van der Waals surface area contributed by atoms with Crippen molar-refractivity contribution >= 4 is 35.0 Å². The number of benzene rings is 3. The van der Waals surface area contributed by atoms with Crippen molar-refractivity contribution in [1.82, 2.24) is 0 Å². The molecule has 6 heteroatoms. The number of amides is 2. The van der Waals surface area contributed by atoms with Gasteiger partial charge in [-0.15, -0.1) is 11.8 Å². The number of rotatable bonds is 4. The van der Waals surface area contributed by atoms with Gasteiger partial charge in [-0.05, 0) is 47.9 Å². The first-order valence-electron chi connectivity index (χ1n) is 10.3. The molecule has 1 saturated heterocycles. The number of anilines is 2. The molecule has 31 heavy (non-hydrogen) atoms. The van der Waals surface area contributed by atoms with Gasteiger partial charge in [0, 0.05) is 11.3 Å². The van der Waals surface area contributed by atoms with Gasteiger partial charge in [-0.1, -0.05) is 49.4 Å². The quantitative estimate of drug-likeness (QED) is 0.591. The highest BCUT2D eigenvalue weighted by Gasteiger charge is 2.60. The lowest BCUT2D eigenvalue weighted by molar-refractivity contribution is -0.123. The van der Waals surface area contributed by atoms with E-state index < -0.39 is 4.87 Å². The molecule has 2 aliphatic rings. The first kappa shape index (κ1) is 19.8. The Bertz CT molecular complexity index is 1200. The highest BCUT2D eigenvalue weighted by molar-refractivity contribution is 8.02. The van der Waals surface area contributed by atoms with Crippen molar-refractivity contribution in [3.8, 4) is 0 Å². The minimum atomic E-state index is -1.15. The monoisotopic (exact) mass is 432 g/mol. The molecule has 4 nitrogen and oxygen atoms in total. The summed E-state index contributed by atoms with van der Waals surface area (Å²) in [7, 11) is 0. The van der Waals surface area contributed by atoms with E-state index in [-0.39, 0.29) is 29.9 Å². The molecular formula is C25H21FN2O2S. The average molecular weight is 433 g/mol. The fourth-order valence-electron chi connectivity index (χ4n) is 4.45. The van der Waals surface area contributed by atoms with Crippen LogP contribution in [-0.2, 0) is 27.4 Å². The van der Waals surface area contributed by atoms with E-state index in [1.54, 1.807) is 21.9 Å². The molecule has 5 rings (SSSR count). The first-order valence-corrected chi connectivity index (χ1v) is 11.2. The second-order valence-corrected chi connectivity index (χ2v) is 8.89. The zero-order valence-electron chi connectivity index (χ0n) is 17.0. The van der Waals surface area contributed by atoms with Crippen molar-refractivity contribution in [1.29, 1.82) is 0 Å². The lowest BCUT2D eigenvalue weighted by Gasteiger charge is -2.33. The number of para-hydroxylation sites is 1. The number of thioether (sulfide) groups is 1. The highest BCUT2D eigenvalue weighted by Crippen LogP contribution is 2.55. The van der Waals surface area contributed by atoms with E-state index in [0.29, 0.717) is 5.56 Å². The van der Waals surface area contributed by atoms with E-state index in [1.165, 1.54) is 23.9 Å². The van der Waals surface area contributed by atoms with Crippen LogP contribution in [0.1, 0.15) is 23.6 Å². The van der Waals surface area contributed by atoms with Crippen LogP contribution < -0.4 is 9.80 Å². The molecule has 0 aromatic heterocycles. The van der Waals surface area contributed by atoms with Gasteiger partial charge in [0.05, 0.1) is 18.0 Å². The van der Waals surface area contributed by atoms with Crippen molar-refractivity contribution in [2.45, 2.75) is 24.8 Å². The number of carbonyl (C=O) groups is 2. The summed E-state index contributed by atoms with van der Waals surface area (Å²) in [6, 6.07) is 21.7. The van der Waals surface area contributed by atoms with E-state index in [4.69, 9.17) is 0 Å². The Morgan fingerprint density at radius 3 is 2.55 bits per heavy atom. The molecule has 0 N–H and O–H groups in total. The maximum atomic E-state index is 14.0. The standard InChI is InChI=1S/C25H21FN2O2S/c1-2-17-7-6-10-20(14-17)28-23(29)16-31-25(28)21-11-3-4-12-22(21)27(24(25)30)15-18-8-5-9-19(26)13-18/h3-14H,2,15-16H2,1H3/t25-/m1/s1. The number of fused-ring (bicyclic) bond motifs is 2. The zero-order valence-corrected chi connectivity index (χ0v) is 17.9. The normalized spacial score (nSPS) is 20.1. The van der Waals surface area contributed by atoms with Crippen LogP contribution in [0, 0.1) is 5.82 Å². The van der Waals surface area contributed by atoms with Crippen LogP contribution in [0.4, 0.5) is 15.8 Å². The van der Waals surface area contributed by atoms with Crippen LogP contribution in [0.5, 0.6) is 0 Å². The van der Waals surface area contributed by atoms with Crippen LogP contribution in [0.25, 0.3) is 0 Å². The lowest BCUT2D eigenvalue weighted by Crippen LogP contribution is -2.49. The van der Waals surface area contributed by atoms with Gasteiger partial charge in [0.25, 0.3) is 5.91 Å². The maximum Gasteiger partial charge on any atom is 0.269 e. The van der Waals surface area contributed by atoms with Crippen molar-refractivity contribution in [2.75, 3.05) is 15.6 Å². The second-order valence-electron chi connectivity index (χ2n) is 7.72. The topological polar surface area (TPSA) is 40.6 Å². The number of hydrogen-bond acceptors (Lipinski definition) is 3. The lowest BCUT2D eigenvalue weighted by atomic mass is 10.0. The molecule has 0 radical (unpaired) electrons. The summed E-state index contributed by atoms with van der Waals surface area (Å²) in [6.45, 7) is 2.30. The Morgan fingerprint density at radius 1 is 0.968 bits per heavy atom. The Balaban J connectivity index is 1.64. The number of nitrogens with zero attached hydrogens (tertiary/aromatic N) is 2. The van der Waals surface area contributed by atoms with Crippen LogP contribution in [0.2, 0.25) is 0 Å². The van der Waals surface area contributed by atoms with Gasteiger partial charge < -0.3 is 4.90 Å². The molecule has 2 aliphatic heterocycles. The third-order valence-electron chi connectivity index (χ3n) is 5.87. The minimum absolute atomic E-state index is 0.0889. The van der Waals surface area contributed by atoms with Gasteiger partial charge in [0.2, 0.25) is 10.8 Å². The van der Waals surface area contributed by atoms with Gasteiger partial charge >= 0.3 is 0 Å². The summed E-state index contributed by atoms with van der Waals surface area (Å²) < 4.78 is 13.8. The van der Waals surface area contributed by atoms with E-state index in [0.717, 1.165) is 28.9 Å². The molecule has 3 aromatic rings. The fourth-order valence-corrected chi connectivity index (χ4v) is 5.81. The number of halogens is 1. The fraction of sp³-hybridized carbons (Fsp3) is 0.200. The largest absolute Gasteiger partial charge is 0.304 e. The third kappa shape index (κ3) is 3.05. The molecule has 0 saturated carbocycles. The van der Waals surface area contributed by atoms with Crippen LogP contribution in [-0.4, -0.2) is 17.6 Å². The molecular weight excluding hydrogens is 411 g/mol. The Kier molecular flexibility index (Phi) is 4.82. The molecule has 1 atom stereocenters. The predicted octanol–water partition coefficient (Wildman–Crippen LogP) is 4.87. The van der Waals surface area contributed by atoms with Gasteiger partial charge in [-0.25, -0.2) is 4.39 Å². The number of hydrogen-bond donors (Lipinski definition) is 0. The Morgan fingerprint density at radius 2 is 1.74 bits per heavy atom. The molecule has 1 fully saturated rings. The van der Waals surface area contributed by atoms with E-state index in [9.17, 15) is 14.0 Å². The molecule has 2 amide bonds. The van der Waals surface area contributed by atoms with Crippen LogP contribution >= 0.6 is 11.8 Å².